The molecule has 0 amide bonds. The smallest absolute Gasteiger partial charge is 0.190 e. The Balaban J connectivity index is 1.59. The number of aryl methyl sites for hydroxylation is 1. The third-order valence-electron chi connectivity index (χ3n) is 2.69. The zero-order valence-electron chi connectivity index (χ0n) is 10.2. The van der Waals surface area contributed by atoms with Crippen LogP contribution in [0.3, 0.4) is 0 Å². The van der Waals surface area contributed by atoms with Crippen molar-refractivity contribution in [3.05, 3.63) is 30.2 Å². The molecular formula is C12H13N5S2. The first-order chi connectivity index (χ1) is 9.33. The zero-order valence-corrected chi connectivity index (χ0v) is 11.8. The Labute approximate surface area is 118 Å². The highest BCUT2D eigenvalue weighted by molar-refractivity contribution is 7.99. The van der Waals surface area contributed by atoms with E-state index in [0.717, 1.165) is 34.1 Å². The van der Waals surface area contributed by atoms with Crippen LogP contribution in [0.5, 0.6) is 0 Å². The SMILES string of the molecule is Nc1nc(SCCCn2ccnc2)nc2sccc12. The molecule has 0 radical (unpaired) electrons. The summed E-state index contributed by atoms with van der Waals surface area (Å²) in [6.45, 7) is 0.962. The monoisotopic (exact) mass is 291 g/mol. The summed E-state index contributed by atoms with van der Waals surface area (Å²) >= 11 is 3.24. The van der Waals surface area contributed by atoms with E-state index in [1.807, 2.05) is 24.0 Å². The van der Waals surface area contributed by atoms with Gasteiger partial charge in [-0.25, -0.2) is 15.0 Å². The molecule has 2 N–H and O–H groups in total. The average Bonchev–Trinajstić information content (AvgIpc) is 3.05. The third kappa shape index (κ3) is 2.87. The van der Waals surface area contributed by atoms with E-state index in [9.17, 15) is 0 Å². The van der Waals surface area contributed by atoms with Crippen LogP contribution >= 0.6 is 23.1 Å². The van der Waals surface area contributed by atoms with Crippen LogP contribution in [0.15, 0.2) is 35.3 Å². The number of anilines is 1. The molecule has 3 aromatic heterocycles. The Bertz CT molecular complexity index is 662. The quantitative estimate of drug-likeness (QED) is 0.444. The molecule has 0 saturated carbocycles. The van der Waals surface area contributed by atoms with Crippen molar-refractivity contribution >= 4 is 39.1 Å². The molecule has 0 spiro atoms. The van der Waals surface area contributed by atoms with Crippen LogP contribution in [0.1, 0.15) is 6.42 Å². The van der Waals surface area contributed by atoms with Crippen molar-refractivity contribution < 1.29 is 0 Å². The van der Waals surface area contributed by atoms with Gasteiger partial charge in [0.15, 0.2) is 5.16 Å². The maximum atomic E-state index is 5.91. The van der Waals surface area contributed by atoms with Crippen molar-refractivity contribution in [1.82, 2.24) is 19.5 Å². The van der Waals surface area contributed by atoms with Crippen LogP contribution in [0.4, 0.5) is 5.82 Å². The summed E-state index contributed by atoms with van der Waals surface area (Å²) in [5, 5.41) is 3.70. The minimum Gasteiger partial charge on any atom is -0.383 e. The maximum absolute atomic E-state index is 5.91. The van der Waals surface area contributed by atoms with E-state index in [-0.39, 0.29) is 0 Å². The van der Waals surface area contributed by atoms with E-state index in [4.69, 9.17) is 5.73 Å². The van der Waals surface area contributed by atoms with Crippen LogP contribution in [0.2, 0.25) is 0 Å². The first kappa shape index (κ1) is 12.4. The van der Waals surface area contributed by atoms with Crippen molar-refractivity contribution in [2.45, 2.75) is 18.1 Å². The Morgan fingerprint density at radius 2 is 2.32 bits per heavy atom. The van der Waals surface area contributed by atoms with Crippen LogP contribution in [-0.4, -0.2) is 25.3 Å². The third-order valence-corrected chi connectivity index (χ3v) is 4.43. The second-order valence-electron chi connectivity index (χ2n) is 4.03. The van der Waals surface area contributed by atoms with Gasteiger partial charge < -0.3 is 10.3 Å². The molecule has 0 unspecified atom stereocenters. The van der Waals surface area contributed by atoms with Crippen LogP contribution in [0.25, 0.3) is 10.2 Å². The van der Waals surface area contributed by atoms with Crippen molar-refractivity contribution in [2.24, 2.45) is 0 Å². The molecule has 0 aliphatic rings. The molecule has 0 atom stereocenters. The summed E-state index contributed by atoms with van der Waals surface area (Å²) in [7, 11) is 0. The van der Waals surface area contributed by atoms with E-state index in [2.05, 4.69) is 19.5 Å². The summed E-state index contributed by atoms with van der Waals surface area (Å²) in [6.07, 6.45) is 6.64. The lowest BCUT2D eigenvalue weighted by molar-refractivity contribution is 0.683. The standard InChI is InChI=1S/C12H13N5S2/c13-10-9-2-7-18-11(9)16-12(15-10)19-6-1-4-17-5-3-14-8-17/h2-3,5,7-8H,1,4,6H2,(H2,13,15,16). The lowest BCUT2D eigenvalue weighted by atomic mass is 10.4. The number of thioether (sulfide) groups is 1. The van der Waals surface area contributed by atoms with Crippen molar-refractivity contribution in [2.75, 3.05) is 11.5 Å². The van der Waals surface area contributed by atoms with Crippen LogP contribution in [-0.2, 0) is 6.54 Å². The van der Waals surface area contributed by atoms with Gasteiger partial charge in [-0.15, -0.1) is 11.3 Å². The molecule has 3 rings (SSSR count). The Kier molecular flexibility index (Phi) is 3.65. The molecule has 0 aliphatic carbocycles. The fourth-order valence-electron chi connectivity index (χ4n) is 1.75. The first-order valence-corrected chi connectivity index (χ1v) is 7.79. The number of rotatable bonds is 5. The van der Waals surface area contributed by atoms with Gasteiger partial charge in [0, 0.05) is 24.7 Å². The number of thiophene rings is 1. The van der Waals surface area contributed by atoms with E-state index in [1.54, 1.807) is 29.3 Å². The number of imidazole rings is 1. The highest BCUT2D eigenvalue weighted by Crippen LogP contribution is 2.26. The number of fused-ring (bicyclic) bond motifs is 1. The van der Waals surface area contributed by atoms with Crippen molar-refractivity contribution in [3.8, 4) is 0 Å². The highest BCUT2D eigenvalue weighted by atomic mass is 32.2. The lowest BCUT2D eigenvalue weighted by Crippen LogP contribution is -1.98. The minimum absolute atomic E-state index is 0.573. The topological polar surface area (TPSA) is 69.6 Å². The molecule has 0 saturated heterocycles. The molecule has 5 nitrogen and oxygen atoms in total. The molecule has 0 fully saturated rings. The number of nitrogens with two attached hydrogens (primary N) is 1. The van der Waals surface area contributed by atoms with Crippen molar-refractivity contribution in [1.29, 1.82) is 0 Å². The van der Waals surface area contributed by atoms with E-state index < -0.39 is 0 Å². The predicted octanol–water partition coefficient (Wildman–Crippen LogP) is 2.65. The van der Waals surface area contributed by atoms with E-state index in [0.29, 0.717) is 5.82 Å². The Morgan fingerprint density at radius 3 is 3.16 bits per heavy atom. The molecule has 0 aliphatic heterocycles. The molecule has 98 valence electrons. The molecule has 0 bridgehead atoms. The molecule has 3 aromatic rings. The summed E-state index contributed by atoms with van der Waals surface area (Å²) in [5.74, 6) is 1.54. The number of nitrogens with zero attached hydrogens (tertiary/aromatic N) is 4. The normalized spacial score (nSPS) is 11.2. The van der Waals surface area contributed by atoms with Gasteiger partial charge in [0.1, 0.15) is 10.6 Å². The molecular weight excluding hydrogens is 278 g/mol. The number of nitrogen functional groups attached to an aromatic ring is 1. The second kappa shape index (κ2) is 5.58. The molecule has 19 heavy (non-hydrogen) atoms. The van der Waals surface area contributed by atoms with Gasteiger partial charge in [-0.2, -0.15) is 0 Å². The molecule has 3 heterocycles. The average molecular weight is 291 g/mol. The van der Waals surface area contributed by atoms with Crippen LogP contribution < -0.4 is 5.73 Å². The fourth-order valence-corrected chi connectivity index (χ4v) is 3.36. The summed E-state index contributed by atoms with van der Waals surface area (Å²) in [4.78, 5) is 13.8. The number of hydrogen-bond donors (Lipinski definition) is 1. The number of aromatic nitrogens is 4. The van der Waals surface area contributed by atoms with Crippen molar-refractivity contribution in [3.63, 3.8) is 0 Å². The summed E-state index contributed by atoms with van der Waals surface area (Å²) < 4.78 is 2.07. The van der Waals surface area contributed by atoms with Gasteiger partial charge in [-0.05, 0) is 17.9 Å². The largest absolute Gasteiger partial charge is 0.383 e. The van der Waals surface area contributed by atoms with Gasteiger partial charge in [-0.1, -0.05) is 11.8 Å². The predicted molar refractivity (Wildman–Crippen MR) is 79.4 cm³/mol. The van der Waals surface area contributed by atoms with Gasteiger partial charge in [-0.3, -0.25) is 0 Å². The van der Waals surface area contributed by atoms with Gasteiger partial charge in [0.05, 0.1) is 11.7 Å². The number of hydrogen-bond acceptors (Lipinski definition) is 6. The van der Waals surface area contributed by atoms with Gasteiger partial charge in [0.25, 0.3) is 0 Å². The molecule has 7 heteroatoms. The van der Waals surface area contributed by atoms with E-state index >= 15 is 0 Å². The fraction of sp³-hybridized carbons (Fsp3) is 0.250. The van der Waals surface area contributed by atoms with E-state index in [1.165, 1.54) is 0 Å². The van der Waals surface area contributed by atoms with Crippen LogP contribution in [0, 0.1) is 0 Å². The van der Waals surface area contributed by atoms with Gasteiger partial charge >= 0.3 is 0 Å². The second-order valence-corrected chi connectivity index (χ2v) is 5.99. The highest BCUT2D eigenvalue weighted by Gasteiger charge is 2.06. The summed E-state index contributed by atoms with van der Waals surface area (Å²) in [6, 6.07) is 1.96. The Morgan fingerprint density at radius 1 is 1.37 bits per heavy atom. The summed E-state index contributed by atoms with van der Waals surface area (Å²) in [5.41, 5.74) is 5.91. The lowest BCUT2D eigenvalue weighted by Gasteiger charge is -2.03. The van der Waals surface area contributed by atoms with Gasteiger partial charge in [0.2, 0.25) is 0 Å². The Hall–Kier alpha value is -1.60. The first-order valence-electron chi connectivity index (χ1n) is 5.92. The maximum Gasteiger partial charge on any atom is 0.190 e. The molecule has 0 aromatic carbocycles. The zero-order chi connectivity index (χ0) is 13.1. The minimum atomic E-state index is 0.573.